The number of thiazole rings is 1. The molecule has 1 atom stereocenters. The molecule has 0 aliphatic carbocycles. The summed E-state index contributed by atoms with van der Waals surface area (Å²) in [5.74, 6) is 0.156. The topological polar surface area (TPSA) is 59.2 Å². The summed E-state index contributed by atoms with van der Waals surface area (Å²) in [6.45, 7) is 5.75. The fourth-order valence-corrected chi connectivity index (χ4v) is 4.39. The Bertz CT molecular complexity index is 648. The van der Waals surface area contributed by atoms with E-state index in [-0.39, 0.29) is 17.4 Å². The number of carbonyl (C=O) groups is 1. The van der Waals surface area contributed by atoms with Crippen molar-refractivity contribution in [2.75, 3.05) is 13.1 Å². The van der Waals surface area contributed by atoms with Gasteiger partial charge < -0.3 is 10.6 Å². The summed E-state index contributed by atoms with van der Waals surface area (Å²) in [6.07, 6.45) is 1.25. The molecule has 2 N–H and O–H groups in total. The number of carbonyl (C=O) groups excluding carboxylic acids is 1. The van der Waals surface area contributed by atoms with Gasteiger partial charge in [0.15, 0.2) is 0 Å². The van der Waals surface area contributed by atoms with E-state index in [4.69, 9.17) is 5.73 Å². The number of nitrogens with zero attached hydrogens (tertiary/aromatic N) is 2. The Morgan fingerprint density at radius 1 is 1.50 bits per heavy atom. The second-order valence-corrected chi connectivity index (χ2v) is 8.30. The molecule has 22 heavy (non-hydrogen) atoms. The van der Waals surface area contributed by atoms with Gasteiger partial charge in [-0.15, -0.1) is 22.7 Å². The van der Waals surface area contributed by atoms with E-state index in [0.717, 1.165) is 35.1 Å². The fourth-order valence-electron chi connectivity index (χ4n) is 2.76. The van der Waals surface area contributed by atoms with Gasteiger partial charge in [0, 0.05) is 24.5 Å². The van der Waals surface area contributed by atoms with E-state index >= 15 is 0 Å². The van der Waals surface area contributed by atoms with Crippen LogP contribution in [0.3, 0.4) is 0 Å². The quantitative estimate of drug-likeness (QED) is 0.938. The zero-order chi connectivity index (χ0) is 15.7. The molecule has 0 saturated carbocycles. The Hall–Kier alpha value is -1.24. The Morgan fingerprint density at radius 2 is 2.32 bits per heavy atom. The molecule has 1 saturated heterocycles. The third-order valence-corrected chi connectivity index (χ3v) is 6.21. The van der Waals surface area contributed by atoms with E-state index in [1.807, 2.05) is 21.7 Å². The molecule has 1 fully saturated rings. The number of hydrogen-bond acceptors (Lipinski definition) is 5. The Labute approximate surface area is 139 Å². The van der Waals surface area contributed by atoms with Crippen molar-refractivity contribution in [3.63, 3.8) is 0 Å². The number of aromatic nitrogens is 1. The average molecular weight is 335 g/mol. The minimum Gasteiger partial charge on any atom is -0.342 e. The summed E-state index contributed by atoms with van der Waals surface area (Å²) in [6, 6.07) is 4.25. The van der Waals surface area contributed by atoms with Gasteiger partial charge in [-0.3, -0.25) is 4.79 Å². The molecule has 1 aliphatic heterocycles. The zero-order valence-corrected chi connectivity index (χ0v) is 14.5. The van der Waals surface area contributed by atoms with Crippen LogP contribution in [0.4, 0.5) is 0 Å². The Kier molecular flexibility index (Phi) is 4.34. The number of amides is 1. The molecular weight excluding hydrogens is 314 g/mol. The highest BCUT2D eigenvalue weighted by molar-refractivity contribution is 7.20. The van der Waals surface area contributed by atoms with Crippen LogP contribution < -0.4 is 5.73 Å². The molecule has 118 valence electrons. The van der Waals surface area contributed by atoms with Gasteiger partial charge in [-0.05, 0) is 23.3 Å². The lowest BCUT2D eigenvalue weighted by Gasteiger charge is -2.42. The minimum absolute atomic E-state index is 0.0158. The van der Waals surface area contributed by atoms with Gasteiger partial charge in [0.05, 0.1) is 17.0 Å². The molecule has 3 rings (SSSR count). The summed E-state index contributed by atoms with van der Waals surface area (Å²) < 4.78 is 0. The number of nitrogens with two attached hydrogens (primary N) is 1. The lowest BCUT2D eigenvalue weighted by molar-refractivity contribution is -0.133. The SMILES string of the molecule is CC1(C)CN(C(=O)Cc2csc(-c3cccs3)n2)CCC1N. The largest absolute Gasteiger partial charge is 0.342 e. The average Bonchev–Trinajstić information content (AvgIpc) is 3.12. The lowest BCUT2D eigenvalue weighted by atomic mass is 9.79. The first-order valence-corrected chi connectivity index (χ1v) is 9.23. The molecule has 1 aliphatic rings. The van der Waals surface area contributed by atoms with Crippen molar-refractivity contribution in [1.82, 2.24) is 9.88 Å². The Balaban J connectivity index is 1.65. The van der Waals surface area contributed by atoms with Crippen molar-refractivity contribution in [3.05, 3.63) is 28.6 Å². The molecule has 2 aromatic rings. The minimum atomic E-state index is -0.0158. The van der Waals surface area contributed by atoms with E-state index < -0.39 is 0 Å². The van der Waals surface area contributed by atoms with E-state index in [1.165, 1.54) is 0 Å². The second kappa shape index (κ2) is 6.10. The maximum atomic E-state index is 12.5. The van der Waals surface area contributed by atoms with Gasteiger partial charge in [-0.2, -0.15) is 0 Å². The standard InChI is InChI=1S/C16H21N3OS2/c1-16(2)10-19(6-5-13(16)17)14(20)8-11-9-22-15(18-11)12-4-3-7-21-12/h3-4,7,9,13H,5-6,8,10,17H2,1-2H3. The molecule has 3 heterocycles. The highest BCUT2D eigenvalue weighted by Gasteiger charge is 2.35. The first kappa shape index (κ1) is 15.6. The lowest BCUT2D eigenvalue weighted by Crippen LogP contribution is -2.54. The van der Waals surface area contributed by atoms with E-state index in [9.17, 15) is 4.79 Å². The molecule has 0 bridgehead atoms. The van der Waals surface area contributed by atoms with Crippen molar-refractivity contribution in [2.24, 2.45) is 11.1 Å². The maximum absolute atomic E-state index is 12.5. The Morgan fingerprint density at radius 3 is 3.00 bits per heavy atom. The summed E-state index contributed by atoms with van der Waals surface area (Å²) in [7, 11) is 0. The monoisotopic (exact) mass is 335 g/mol. The summed E-state index contributed by atoms with van der Waals surface area (Å²) >= 11 is 3.28. The predicted octanol–water partition coefficient (Wildman–Crippen LogP) is 3.00. The molecule has 0 aromatic carbocycles. The van der Waals surface area contributed by atoms with Crippen molar-refractivity contribution in [1.29, 1.82) is 0 Å². The fraction of sp³-hybridized carbons (Fsp3) is 0.500. The van der Waals surface area contributed by atoms with Crippen molar-refractivity contribution in [2.45, 2.75) is 32.7 Å². The molecule has 4 nitrogen and oxygen atoms in total. The summed E-state index contributed by atoms with van der Waals surface area (Å²) in [4.78, 5) is 20.2. The number of hydrogen-bond donors (Lipinski definition) is 1. The van der Waals surface area contributed by atoms with Gasteiger partial charge in [0.25, 0.3) is 0 Å². The van der Waals surface area contributed by atoms with Crippen LogP contribution in [0, 0.1) is 5.41 Å². The van der Waals surface area contributed by atoms with Crippen LogP contribution in [0.15, 0.2) is 22.9 Å². The maximum Gasteiger partial charge on any atom is 0.228 e. The van der Waals surface area contributed by atoms with E-state index in [2.05, 4.69) is 24.9 Å². The molecular formula is C16H21N3OS2. The number of rotatable bonds is 3. The van der Waals surface area contributed by atoms with Gasteiger partial charge in [-0.1, -0.05) is 19.9 Å². The molecule has 6 heteroatoms. The van der Waals surface area contributed by atoms with Crippen LogP contribution in [0.1, 0.15) is 26.0 Å². The van der Waals surface area contributed by atoms with E-state index in [1.54, 1.807) is 22.7 Å². The number of thiophene rings is 1. The van der Waals surface area contributed by atoms with E-state index in [0.29, 0.717) is 6.42 Å². The second-order valence-electron chi connectivity index (χ2n) is 6.50. The van der Waals surface area contributed by atoms with Crippen molar-refractivity contribution >= 4 is 28.6 Å². The van der Waals surface area contributed by atoms with Gasteiger partial charge in [-0.25, -0.2) is 4.98 Å². The molecule has 2 aromatic heterocycles. The molecule has 0 radical (unpaired) electrons. The first-order valence-electron chi connectivity index (χ1n) is 7.47. The molecule has 0 spiro atoms. The van der Waals surface area contributed by atoms with Crippen LogP contribution in [-0.4, -0.2) is 34.9 Å². The van der Waals surface area contributed by atoms with Gasteiger partial charge >= 0.3 is 0 Å². The van der Waals surface area contributed by atoms with Crippen LogP contribution in [-0.2, 0) is 11.2 Å². The smallest absolute Gasteiger partial charge is 0.228 e. The zero-order valence-electron chi connectivity index (χ0n) is 12.9. The highest BCUT2D eigenvalue weighted by Crippen LogP contribution is 2.30. The van der Waals surface area contributed by atoms with Crippen LogP contribution in [0.5, 0.6) is 0 Å². The van der Waals surface area contributed by atoms with Crippen LogP contribution in [0.2, 0.25) is 0 Å². The van der Waals surface area contributed by atoms with Crippen LogP contribution in [0.25, 0.3) is 9.88 Å². The van der Waals surface area contributed by atoms with Crippen LogP contribution >= 0.6 is 22.7 Å². The summed E-state index contributed by atoms with van der Waals surface area (Å²) in [5, 5.41) is 5.03. The van der Waals surface area contributed by atoms with Crippen molar-refractivity contribution < 1.29 is 4.79 Å². The number of likely N-dealkylation sites (tertiary alicyclic amines) is 1. The highest BCUT2D eigenvalue weighted by atomic mass is 32.1. The van der Waals surface area contributed by atoms with Gasteiger partial charge in [0.2, 0.25) is 5.91 Å². The summed E-state index contributed by atoms with van der Waals surface area (Å²) in [5.41, 5.74) is 6.99. The predicted molar refractivity (Wildman–Crippen MR) is 92.1 cm³/mol. The third kappa shape index (κ3) is 3.24. The third-order valence-electron chi connectivity index (χ3n) is 4.28. The first-order chi connectivity index (χ1) is 10.5. The van der Waals surface area contributed by atoms with Gasteiger partial charge in [0.1, 0.15) is 5.01 Å². The normalized spacial score (nSPS) is 21.0. The molecule has 1 amide bonds. The van der Waals surface area contributed by atoms with Crippen molar-refractivity contribution in [3.8, 4) is 9.88 Å². The molecule has 1 unspecified atom stereocenters. The number of piperidine rings is 1.